The molecule has 1 saturated carbocycles. The van der Waals surface area contributed by atoms with Crippen molar-refractivity contribution in [1.29, 1.82) is 0 Å². The highest BCUT2D eigenvalue weighted by Crippen LogP contribution is 2.33. The Morgan fingerprint density at radius 2 is 1.85 bits per heavy atom. The fourth-order valence-corrected chi connectivity index (χ4v) is 4.75. The molecule has 2 saturated heterocycles. The van der Waals surface area contributed by atoms with E-state index in [-0.39, 0.29) is 0 Å². The Morgan fingerprint density at radius 3 is 2.55 bits per heavy atom. The topological polar surface area (TPSA) is 18.5 Å². The molecule has 2 heterocycles. The maximum atomic E-state index is 3.93. The highest BCUT2D eigenvalue weighted by Gasteiger charge is 2.36. The Bertz CT molecular complexity index is 285. The molecule has 0 radical (unpaired) electrons. The van der Waals surface area contributed by atoms with Crippen molar-refractivity contribution in [3.63, 3.8) is 0 Å². The molecule has 0 aromatic carbocycles. The van der Waals surface area contributed by atoms with Crippen LogP contribution < -0.4 is 5.32 Å². The molecule has 20 heavy (non-hydrogen) atoms. The lowest BCUT2D eigenvalue weighted by atomic mass is 9.85. The first-order valence-corrected chi connectivity index (χ1v) is 8.95. The summed E-state index contributed by atoms with van der Waals surface area (Å²) in [4.78, 5) is 5.24. The van der Waals surface area contributed by atoms with Crippen LogP contribution in [0.25, 0.3) is 0 Å². The van der Waals surface area contributed by atoms with Gasteiger partial charge >= 0.3 is 0 Å². The average molecular weight is 279 g/mol. The third kappa shape index (κ3) is 3.37. The van der Waals surface area contributed by atoms with Crippen LogP contribution >= 0.6 is 0 Å². The molecule has 3 nitrogen and oxygen atoms in total. The highest BCUT2D eigenvalue weighted by atomic mass is 15.2. The lowest BCUT2D eigenvalue weighted by molar-refractivity contribution is 0.124. The molecule has 1 aliphatic carbocycles. The van der Waals surface area contributed by atoms with E-state index >= 15 is 0 Å². The van der Waals surface area contributed by atoms with Crippen LogP contribution in [0, 0.1) is 5.92 Å². The Labute approximate surface area is 125 Å². The number of piperidine rings is 1. The van der Waals surface area contributed by atoms with Gasteiger partial charge in [-0.25, -0.2) is 0 Å². The summed E-state index contributed by atoms with van der Waals surface area (Å²) < 4.78 is 0. The molecule has 3 unspecified atom stereocenters. The van der Waals surface area contributed by atoms with E-state index < -0.39 is 0 Å². The molecule has 0 spiro atoms. The normalized spacial score (nSPS) is 36.5. The Balaban J connectivity index is 1.44. The van der Waals surface area contributed by atoms with Gasteiger partial charge in [-0.15, -0.1) is 0 Å². The SMILES string of the molecule is CCN1CCC(N(C)CC2CC3CCCCC3N2)CC1. The number of nitrogens with one attached hydrogen (secondary N) is 1. The van der Waals surface area contributed by atoms with Gasteiger partial charge in [0.15, 0.2) is 0 Å². The van der Waals surface area contributed by atoms with Crippen LogP contribution in [-0.4, -0.2) is 61.2 Å². The summed E-state index contributed by atoms with van der Waals surface area (Å²) >= 11 is 0. The molecule has 2 aliphatic heterocycles. The van der Waals surface area contributed by atoms with Crippen LogP contribution in [0.2, 0.25) is 0 Å². The lowest BCUT2D eigenvalue weighted by Crippen LogP contribution is -2.47. The Morgan fingerprint density at radius 1 is 1.10 bits per heavy atom. The van der Waals surface area contributed by atoms with Gasteiger partial charge in [0.1, 0.15) is 0 Å². The van der Waals surface area contributed by atoms with E-state index in [0.29, 0.717) is 0 Å². The zero-order valence-electron chi connectivity index (χ0n) is 13.5. The minimum atomic E-state index is 0.761. The standard InChI is InChI=1S/C17H33N3/c1-3-20-10-8-16(9-11-20)19(2)13-15-12-14-6-4-5-7-17(14)18-15/h14-18H,3-13H2,1-2H3. The molecule has 0 bridgehead atoms. The van der Waals surface area contributed by atoms with Crippen LogP contribution in [0.15, 0.2) is 0 Å². The number of likely N-dealkylation sites (tertiary alicyclic amines) is 1. The van der Waals surface area contributed by atoms with Crippen LogP contribution in [0.1, 0.15) is 51.9 Å². The monoisotopic (exact) mass is 279 g/mol. The first-order valence-electron chi connectivity index (χ1n) is 8.95. The number of nitrogens with zero attached hydrogens (tertiary/aromatic N) is 2. The summed E-state index contributed by atoms with van der Waals surface area (Å²) in [5, 5.41) is 3.93. The van der Waals surface area contributed by atoms with Crippen molar-refractivity contribution >= 4 is 0 Å². The van der Waals surface area contributed by atoms with Gasteiger partial charge < -0.3 is 15.1 Å². The molecule has 0 amide bonds. The third-order valence-electron chi connectivity index (χ3n) is 6.08. The minimum absolute atomic E-state index is 0.761. The van der Waals surface area contributed by atoms with Crippen LogP contribution in [0.5, 0.6) is 0 Å². The maximum Gasteiger partial charge on any atom is 0.0200 e. The van der Waals surface area contributed by atoms with E-state index in [4.69, 9.17) is 0 Å². The second-order valence-electron chi connectivity index (χ2n) is 7.36. The molecular formula is C17H33N3. The third-order valence-corrected chi connectivity index (χ3v) is 6.08. The Kier molecular flexibility index (Phi) is 5.00. The summed E-state index contributed by atoms with van der Waals surface area (Å²) in [6.45, 7) is 7.38. The molecule has 3 aliphatic rings. The summed E-state index contributed by atoms with van der Waals surface area (Å²) in [7, 11) is 2.36. The Hall–Kier alpha value is -0.120. The molecule has 116 valence electrons. The lowest BCUT2D eigenvalue weighted by Gasteiger charge is -2.37. The van der Waals surface area contributed by atoms with Gasteiger partial charge in [0, 0.05) is 24.7 Å². The molecule has 3 atom stereocenters. The van der Waals surface area contributed by atoms with Crippen molar-refractivity contribution in [3.8, 4) is 0 Å². The van der Waals surface area contributed by atoms with Crippen LogP contribution in [0.3, 0.4) is 0 Å². The number of fused-ring (bicyclic) bond motifs is 1. The largest absolute Gasteiger partial charge is 0.310 e. The van der Waals surface area contributed by atoms with Crippen molar-refractivity contribution in [2.45, 2.75) is 70.0 Å². The first kappa shape index (κ1) is 14.8. The van der Waals surface area contributed by atoms with E-state index in [9.17, 15) is 0 Å². The second kappa shape index (κ2) is 6.76. The summed E-state index contributed by atoms with van der Waals surface area (Å²) in [5.41, 5.74) is 0. The van der Waals surface area contributed by atoms with Crippen molar-refractivity contribution in [2.75, 3.05) is 33.2 Å². The van der Waals surface area contributed by atoms with Crippen molar-refractivity contribution in [1.82, 2.24) is 15.1 Å². The average Bonchev–Trinajstić information content (AvgIpc) is 2.89. The van der Waals surface area contributed by atoms with E-state index in [2.05, 4.69) is 29.1 Å². The summed E-state index contributed by atoms with van der Waals surface area (Å²) in [5.74, 6) is 0.990. The van der Waals surface area contributed by atoms with E-state index in [1.165, 1.54) is 71.1 Å². The fourth-order valence-electron chi connectivity index (χ4n) is 4.75. The van der Waals surface area contributed by atoms with Gasteiger partial charge in [0.2, 0.25) is 0 Å². The van der Waals surface area contributed by atoms with Crippen molar-refractivity contribution in [2.24, 2.45) is 5.92 Å². The number of hydrogen-bond donors (Lipinski definition) is 1. The number of rotatable bonds is 4. The highest BCUT2D eigenvalue weighted by molar-refractivity contribution is 4.94. The van der Waals surface area contributed by atoms with Gasteiger partial charge in [-0.1, -0.05) is 19.8 Å². The fraction of sp³-hybridized carbons (Fsp3) is 1.00. The zero-order valence-corrected chi connectivity index (χ0v) is 13.5. The second-order valence-corrected chi connectivity index (χ2v) is 7.36. The molecule has 1 N–H and O–H groups in total. The van der Waals surface area contributed by atoms with Crippen molar-refractivity contribution < 1.29 is 0 Å². The predicted molar refractivity (Wildman–Crippen MR) is 85.1 cm³/mol. The van der Waals surface area contributed by atoms with Crippen LogP contribution in [0.4, 0.5) is 0 Å². The molecule has 0 aromatic rings. The van der Waals surface area contributed by atoms with Gasteiger partial charge in [0.05, 0.1) is 0 Å². The summed E-state index contributed by atoms with van der Waals surface area (Å²) in [6.07, 6.45) is 10.00. The molecule has 3 rings (SSSR count). The molecular weight excluding hydrogens is 246 g/mol. The van der Waals surface area contributed by atoms with Gasteiger partial charge in [-0.05, 0) is 64.7 Å². The van der Waals surface area contributed by atoms with Crippen molar-refractivity contribution in [3.05, 3.63) is 0 Å². The van der Waals surface area contributed by atoms with Gasteiger partial charge in [-0.3, -0.25) is 0 Å². The smallest absolute Gasteiger partial charge is 0.0200 e. The minimum Gasteiger partial charge on any atom is -0.310 e. The summed E-state index contributed by atoms with van der Waals surface area (Å²) in [6, 6.07) is 2.43. The first-order chi connectivity index (χ1) is 9.76. The van der Waals surface area contributed by atoms with Gasteiger partial charge in [0.25, 0.3) is 0 Å². The number of likely N-dealkylation sites (N-methyl/N-ethyl adjacent to an activating group) is 1. The van der Waals surface area contributed by atoms with Gasteiger partial charge in [-0.2, -0.15) is 0 Å². The maximum absolute atomic E-state index is 3.93. The molecule has 0 aromatic heterocycles. The zero-order chi connectivity index (χ0) is 13.9. The molecule has 3 heteroatoms. The van der Waals surface area contributed by atoms with Crippen LogP contribution in [-0.2, 0) is 0 Å². The van der Waals surface area contributed by atoms with E-state index in [1.54, 1.807) is 0 Å². The van der Waals surface area contributed by atoms with E-state index in [0.717, 1.165) is 24.0 Å². The molecule has 3 fully saturated rings. The quantitative estimate of drug-likeness (QED) is 0.852. The predicted octanol–water partition coefficient (Wildman–Crippen LogP) is 2.32. The van der Waals surface area contributed by atoms with E-state index in [1.807, 2.05) is 0 Å². The number of hydrogen-bond acceptors (Lipinski definition) is 3.